The molecular weight excluding hydrogens is 231 g/mol. The molecule has 0 radical (unpaired) electrons. The van der Waals surface area contributed by atoms with Crippen LogP contribution in [0.3, 0.4) is 0 Å². The predicted molar refractivity (Wildman–Crippen MR) is 68.7 cm³/mol. The molecule has 3 nitrogen and oxygen atoms in total. The minimum atomic E-state index is -0.339. The van der Waals surface area contributed by atoms with Crippen LogP contribution in [0.2, 0.25) is 0 Å². The van der Waals surface area contributed by atoms with Crippen LogP contribution in [-0.2, 0) is 13.2 Å². The number of hydrogen-bond donors (Lipinski definition) is 1. The highest BCUT2D eigenvalue weighted by atomic mass is 19.1. The highest BCUT2D eigenvalue weighted by Gasteiger charge is 2.09. The molecule has 0 bridgehead atoms. The second kappa shape index (κ2) is 5.60. The van der Waals surface area contributed by atoms with Gasteiger partial charge >= 0.3 is 0 Å². The van der Waals surface area contributed by atoms with Crippen LogP contribution in [0, 0.1) is 5.82 Å². The average molecular weight is 246 g/mol. The summed E-state index contributed by atoms with van der Waals surface area (Å²) in [5.41, 5.74) is 2.31. The monoisotopic (exact) mass is 246 g/mol. The first-order valence-electron chi connectivity index (χ1n) is 5.71. The average Bonchev–Trinajstić information content (AvgIpc) is 2.39. The van der Waals surface area contributed by atoms with Gasteiger partial charge in [0.1, 0.15) is 5.82 Å². The number of pyridine rings is 1. The summed E-state index contributed by atoms with van der Waals surface area (Å²) in [6.07, 6.45) is 1.74. The Morgan fingerprint density at radius 1 is 1.28 bits per heavy atom. The highest BCUT2D eigenvalue weighted by molar-refractivity contribution is 5.53. The maximum Gasteiger partial charge on any atom is 0.123 e. The normalized spacial score (nSPS) is 10.4. The van der Waals surface area contributed by atoms with Crippen molar-refractivity contribution in [2.24, 2.45) is 0 Å². The fraction of sp³-hybridized carbons (Fsp3) is 0.214. The van der Waals surface area contributed by atoms with Gasteiger partial charge in [-0.25, -0.2) is 4.39 Å². The summed E-state index contributed by atoms with van der Waals surface area (Å²) in [5, 5.41) is 9.25. The van der Waals surface area contributed by atoms with Crippen LogP contribution in [-0.4, -0.2) is 17.1 Å². The molecule has 0 amide bonds. The van der Waals surface area contributed by atoms with E-state index in [0.717, 1.165) is 11.4 Å². The Kier molecular flexibility index (Phi) is 3.89. The third-order valence-electron chi connectivity index (χ3n) is 2.75. The molecule has 4 heteroatoms. The topological polar surface area (TPSA) is 36.4 Å². The lowest BCUT2D eigenvalue weighted by Gasteiger charge is -2.21. The molecule has 0 saturated carbocycles. The number of nitrogens with zero attached hydrogens (tertiary/aromatic N) is 2. The summed E-state index contributed by atoms with van der Waals surface area (Å²) < 4.78 is 13.1. The Morgan fingerprint density at radius 3 is 2.78 bits per heavy atom. The molecule has 0 saturated heterocycles. The van der Waals surface area contributed by atoms with Crippen LogP contribution >= 0.6 is 0 Å². The van der Waals surface area contributed by atoms with Gasteiger partial charge in [-0.05, 0) is 30.3 Å². The zero-order valence-corrected chi connectivity index (χ0v) is 10.2. The first-order chi connectivity index (χ1) is 8.70. The van der Waals surface area contributed by atoms with Crippen molar-refractivity contribution in [2.75, 3.05) is 11.9 Å². The molecular formula is C14H15FN2O. The van der Waals surface area contributed by atoms with E-state index in [4.69, 9.17) is 0 Å². The van der Waals surface area contributed by atoms with Gasteiger partial charge in [-0.15, -0.1) is 0 Å². The summed E-state index contributed by atoms with van der Waals surface area (Å²) in [4.78, 5) is 6.18. The maximum atomic E-state index is 13.1. The fourth-order valence-electron chi connectivity index (χ4n) is 1.87. The molecule has 0 aliphatic heterocycles. The summed E-state index contributed by atoms with van der Waals surface area (Å²) in [6.45, 7) is 0.430. The van der Waals surface area contributed by atoms with Gasteiger partial charge < -0.3 is 10.0 Å². The van der Waals surface area contributed by atoms with Gasteiger partial charge in [0.2, 0.25) is 0 Å². The molecule has 94 valence electrons. The molecule has 18 heavy (non-hydrogen) atoms. The van der Waals surface area contributed by atoms with E-state index in [-0.39, 0.29) is 12.4 Å². The van der Waals surface area contributed by atoms with Crippen molar-refractivity contribution in [1.82, 2.24) is 4.98 Å². The predicted octanol–water partition coefficient (Wildman–Crippen LogP) is 2.35. The Hall–Kier alpha value is -1.94. The largest absolute Gasteiger partial charge is 0.392 e. The Morgan fingerprint density at radius 2 is 2.11 bits per heavy atom. The molecule has 1 N–H and O–H groups in total. The summed E-state index contributed by atoms with van der Waals surface area (Å²) >= 11 is 0. The van der Waals surface area contributed by atoms with Crippen molar-refractivity contribution < 1.29 is 9.50 Å². The van der Waals surface area contributed by atoms with Crippen LogP contribution in [0.1, 0.15) is 11.3 Å². The van der Waals surface area contributed by atoms with Crippen molar-refractivity contribution in [1.29, 1.82) is 0 Å². The number of hydrogen-bond acceptors (Lipinski definition) is 3. The molecule has 0 atom stereocenters. The van der Waals surface area contributed by atoms with Crippen molar-refractivity contribution in [3.05, 3.63) is 59.7 Å². The van der Waals surface area contributed by atoms with Gasteiger partial charge in [-0.1, -0.05) is 6.07 Å². The van der Waals surface area contributed by atoms with Crippen molar-refractivity contribution in [3.8, 4) is 0 Å². The molecule has 2 aromatic rings. The number of aromatic nitrogens is 1. The quantitative estimate of drug-likeness (QED) is 0.899. The minimum absolute atomic E-state index is 0.181. The fourth-order valence-corrected chi connectivity index (χ4v) is 1.87. The summed E-state index contributed by atoms with van der Waals surface area (Å²) in [5.74, 6) is -0.339. The first-order valence-corrected chi connectivity index (χ1v) is 5.71. The molecule has 0 unspecified atom stereocenters. The van der Waals surface area contributed by atoms with Gasteiger partial charge in [0, 0.05) is 24.5 Å². The summed E-state index contributed by atoms with van der Waals surface area (Å²) in [6, 6.07) is 10.1. The first kappa shape index (κ1) is 12.5. The molecule has 0 spiro atoms. The third-order valence-corrected chi connectivity index (χ3v) is 2.75. The van der Waals surface area contributed by atoms with Crippen molar-refractivity contribution in [3.63, 3.8) is 0 Å². The van der Waals surface area contributed by atoms with Crippen molar-refractivity contribution in [2.45, 2.75) is 13.2 Å². The standard InChI is InChI=1S/C14H15FN2O/c1-17(9-13-4-2-3-7-16-13)14-6-5-12(15)8-11(14)10-18/h2-8,18H,9-10H2,1H3. The van der Waals surface area contributed by atoms with Crippen LogP contribution in [0.5, 0.6) is 0 Å². The lowest BCUT2D eigenvalue weighted by molar-refractivity contribution is 0.281. The lowest BCUT2D eigenvalue weighted by atomic mass is 10.1. The zero-order chi connectivity index (χ0) is 13.0. The number of aliphatic hydroxyl groups excluding tert-OH is 1. The van der Waals surface area contributed by atoms with E-state index in [1.54, 1.807) is 12.3 Å². The highest BCUT2D eigenvalue weighted by Crippen LogP contribution is 2.21. The smallest absolute Gasteiger partial charge is 0.123 e. The van der Waals surface area contributed by atoms with E-state index >= 15 is 0 Å². The molecule has 1 aromatic carbocycles. The van der Waals surface area contributed by atoms with E-state index in [0.29, 0.717) is 12.1 Å². The number of rotatable bonds is 4. The van der Waals surface area contributed by atoms with Crippen LogP contribution in [0.25, 0.3) is 0 Å². The molecule has 1 heterocycles. The molecule has 2 rings (SSSR count). The second-order valence-electron chi connectivity index (χ2n) is 4.11. The molecule has 0 fully saturated rings. The summed E-state index contributed by atoms with van der Waals surface area (Å²) in [7, 11) is 1.89. The van der Waals surface area contributed by atoms with E-state index < -0.39 is 0 Å². The number of halogens is 1. The second-order valence-corrected chi connectivity index (χ2v) is 4.11. The Labute approximate surface area is 106 Å². The Bertz CT molecular complexity index is 516. The molecule has 0 aliphatic rings. The lowest BCUT2D eigenvalue weighted by Crippen LogP contribution is -2.18. The van der Waals surface area contributed by atoms with E-state index in [9.17, 15) is 9.50 Å². The van der Waals surface area contributed by atoms with E-state index in [1.807, 2.05) is 30.1 Å². The van der Waals surface area contributed by atoms with Crippen LogP contribution in [0.4, 0.5) is 10.1 Å². The van der Waals surface area contributed by atoms with Gasteiger partial charge in [0.25, 0.3) is 0 Å². The van der Waals surface area contributed by atoms with Crippen LogP contribution < -0.4 is 4.90 Å². The maximum absolute atomic E-state index is 13.1. The molecule has 0 aliphatic carbocycles. The molecule has 1 aromatic heterocycles. The Balaban J connectivity index is 2.21. The zero-order valence-electron chi connectivity index (χ0n) is 10.2. The van der Waals surface area contributed by atoms with Gasteiger partial charge in [0.15, 0.2) is 0 Å². The van der Waals surface area contributed by atoms with Gasteiger partial charge in [-0.3, -0.25) is 4.98 Å². The van der Waals surface area contributed by atoms with Crippen molar-refractivity contribution >= 4 is 5.69 Å². The SMILES string of the molecule is CN(Cc1ccccn1)c1ccc(F)cc1CO. The van der Waals surface area contributed by atoms with Gasteiger partial charge in [-0.2, -0.15) is 0 Å². The van der Waals surface area contributed by atoms with Gasteiger partial charge in [0.05, 0.1) is 18.8 Å². The van der Waals surface area contributed by atoms with E-state index in [2.05, 4.69) is 4.98 Å². The van der Waals surface area contributed by atoms with E-state index in [1.165, 1.54) is 12.1 Å². The number of aliphatic hydroxyl groups is 1. The number of benzene rings is 1. The third kappa shape index (κ3) is 2.84. The number of anilines is 1. The van der Waals surface area contributed by atoms with Crippen LogP contribution in [0.15, 0.2) is 42.6 Å². The minimum Gasteiger partial charge on any atom is -0.392 e.